The summed E-state index contributed by atoms with van der Waals surface area (Å²) in [6, 6.07) is 9.26. The molecule has 0 saturated carbocycles. The van der Waals surface area contributed by atoms with Gasteiger partial charge in [0, 0.05) is 30.1 Å². The van der Waals surface area contributed by atoms with Crippen LogP contribution >= 0.6 is 0 Å². The first kappa shape index (κ1) is 27.3. The number of pyridine rings is 1. The molecule has 0 radical (unpaired) electrons. The number of aliphatic hydroxyl groups excluding tert-OH is 1. The summed E-state index contributed by atoms with van der Waals surface area (Å²) in [5.41, 5.74) is 4.96. The fourth-order valence-electron chi connectivity index (χ4n) is 4.68. The number of Topliss-reactive ketones (excluding diaryl/α,β-unsaturated/α-hetero) is 1. The third kappa shape index (κ3) is 6.02. The van der Waals surface area contributed by atoms with Gasteiger partial charge in [-0.25, -0.2) is 9.67 Å². The molecule has 1 unspecified atom stereocenters. The fourth-order valence-corrected chi connectivity index (χ4v) is 4.68. The van der Waals surface area contributed by atoms with Gasteiger partial charge < -0.3 is 15.2 Å². The highest BCUT2D eigenvalue weighted by Gasteiger charge is 2.22. The van der Waals surface area contributed by atoms with Gasteiger partial charge in [-0.3, -0.25) is 9.59 Å². The van der Waals surface area contributed by atoms with E-state index in [9.17, 15) is 14.7 Å². The second kappa shape index (κ2) is 11.7. The predicted octanol–water partition coefficient (Wildman–Crippen LogP) is 5.18. The molecule has 0 spiro atoms. The van der Waals surface area contributed by atoms with E-state index in [1.54, 1.807) is 16.9 Å². The molecule has 0 saturated heterocycles. The van der Waals surface area contributed by atoms with Crippen LogP contribution < -0.4 is 10.1 Å². The Morgan fingerprint density at radius 1 is 1.24 bits per heavy atom. The van der Waals surface area contributed by atoms with Gasteiger partial charge >= 0.3 is 0 Å². The number of allylic oxidation sites excluding steroid dienone is 3. The highest BCUT2D eigenvalue weighted by molar-refractivity contribution is 6.07. The number of carbonyl (C=O) groups is 2. The Morgan fingerprint density at radius 3 is 2.74 bits per heavy atom. The highest BCUT2D eigenvalue weighted by atomic mass is 16.5. The monoisotopic (exact) mass is 516 g/mol. The van der Waals surface area contributed by atoms with Crippen molar-refractivity contribution in [3.05, 3.63) is 64.9 Å². The molecule has 4 rings (SSSR count). The average Bonchev–Trinajstić information content (AvgIpc) is 3.31. The molecule has 2 N–H and O–H groups in total. The molecule has 8 heteroatoms. The normalized spacial score (nSPS) is 14.7. The van der Waals surface area contributed by atoms with Gasteiger partial charge in [-0.05, 0) is 57.9 Å². The molecular weight excluding hydrogens is 480 g/mol. The zero-order valence-electron chi connectivity index (χ0n) is 22.7. The molecule has 1 aliphatic rings. The van der Waals surface area contributed by atoms with Crippen LogP contribution in [0.1, 0.15) is 70.3 Å². The van der Waals surface area contributed by atoms with Crippen LogP contribution in [0, 0.1) is 0 Å². The quantitative estimate of drug-likeness (QED) is 0.384. The van der Waals surface area contributed by atoms with Crippen molar-refractivity contribution in [2.24, 2.45) is 0 Å². The second-order valence-electron chi connectivity index (χ2n) is 10.2. The zero-order valence-corrected chi connectivity index (χ0v) is 22.7. The fraction of sp³-hybridized carbons (Fsp3) is 0.400. The number of benzene rings is 1. The second-order valence-corrected chi connectivity index (χ2v) is 10.2. The third-order valence-corrected chi connectivity index (χ3v) is 6.64. The Kier molecular flexibility index (Phi) is 8.42. The summed E-state index contributed by atoms with van der Waals surface area (Å²) in [6.45, 7) is 10.2. The van der Waals surface area contributed by atoms with Crippen molar-refractivity contribution < 1.29 is 19.4 Å². The maximum absolute atomic E-state index is 13.5. The molecule has 0 aliphatic heterocycles. The molecule has 38 heavy (non-hydrogen) atoms. The molecule has 1 amide bonds. The maximum Gasteiger partial charge on any atom is 0.252 e. The van der Waals surface area contributed by atoms with E-state index < -0.39 is 6.10 Å². The molecule has 2 heterocycles. The van der Waals surface area contributed by atoms with Gasteiger partial charge in [0.2, 0.25) is 0 Å². The lowest BCUT2D eigenvalue weighted by molar-refractivity contribution is -0.115. The largest absolute Gasteiger partial charge is 0.491 e. The molecule has 0 fully saturated rings. The number of aromatic nitrogens is 3. The molecule has 1 aromatic carbocycles. The Labute approximate surface area is 223 Å². The summed E-state index contributed by atoms with van der Waals surface area (Å²) >= 11 is 0. The van der Waals surface area contributed by atoms with E-state index in [2.05, 4.69) is 10.4 Å². The standard InChI is InChI=1S/C30H36N4O4/c1-6-8-22(35)17-38-23-10-7-9-21(13-23)27-14-24(26-16-32-34(18(2)3)29(26)33-27)30(37)31-15-25-20(5)11-19(4)12-28(25)36/h7,9-11,13-14,16,18,22,35H,6,8,12,15,17H2,1-5H3,(H,31,37). The number of carbonyl (C=O) groups excluding carboxylic acids is 2. The number of rotatable bonds is 10. The van der Waals surface area contributed by atoms with Crippen molar-refractivity contribution in [1.82, 2.24) is 20.1 Å². The Hall–Kier alpha value is -3.78. The van der Waals surface area contributed by atoms with E-state index >= 15 is 0 Å². The minimum atomic E-state index is -0.525. The van der Waals surface area contributed by atoms with E-state index in [0.29, 0.717) is 46.5 Å². The minimum absolute atomic E-state index is 0.0388. The van der Waals surface area contributed by atoms with Crippen molar-refractivity contribution in [3.63, 3.8) is 0 Å². The number of nitrogens with zero attached hydrogens (tertiary/aromatic N) is 3. The topological polar surface area (TPSA) is 106 Å². The Morgan fingerprint density at radius 2 is 2.03 bits per heavy atom. The summed E-state index contributed by atoms with van der Waals surface area (Å²) in [5, 5.41) is 18.1. The number of aliphatic hydroxyl groups is 1. The van der Waals surface area contributed by atoms with Crippen LogP contribution in [0.4, 0.5) is 0 Å². The molecule has 2 aromatic heterocycles. The van der Waals surface area contributed by atoms with E-state index in [0.717, 1.165) is 23.1 Å². The minimum Gasteiger partial charge on any atom is -0.491 e. The van der Waals surface area contributed by atoms with Gasteiger partial charge in [0.25, 0.3) is 5.91 Å². The maximum atomic E-state index is 13.5. The van der Waals surface area contributed by atoms with Gasteiger partial charge in [-0.1, -0.05) is 37.1 Å². The summed E-state index contributed by atoms with van der Waals surface area (Å²) < 4.78 is 7.61. The zero-order chi connectivity index (χ0) is 27.4. The molecule has 3 aromatic rings. The Bertz CT molecular complexity index is 1420. The first-order valence-electron chi connectivity index (χ1n) is 13.2. The van der Waals surface area contributed by atoms with Crippen LogP contribution in [-0.2, 0) is 4.79 Å². The lowest BCUT2D eigenvalue weighted by Crippen LogP contribution is -2.29. The first-order chi connectivity index (χ1) is 18.2. The number of fused-ring (bicyclic) bond motifs is 1. The van der Waals surface area contributed by atoms with Crippen LogP contribution in [0.3, 0.4) is 0 Å². The smallest absolute Gasteiger partial charge is 0.252 e. The summed E-state index contributed by atoms with van der Waals surface area (Å²) in [7, 11) is 0. The number of nitrogens with one attached hydrogen (secondary N) is 1. The summed E-state index contributed by atoms with van der Waals surface area (Å²) in [5.74, 6) is 0.359. The van der Waals surface area contributed by atoms with Gasteiger partial charge in [-0.2, -0.15) is 5.10 Å². The van der Waals surface area contributed by atoms with Crippen LogP contribution in [0.5, 0.6) is 5.75 Å². The van der Waals surface area contributed by atoms with E-state index in [-0.39, 0.29) is 30.9 Å². The number of hydrogen-bond donors (Lipinski definition) is 2. The first-order valence-corrected chi connectivity index (χ1v) is 13.2. The van der Waals surface area contributed by atoms with Gasteiger partial charge in [0.1, 0.15) is 12.4 Å². The third-order valence-electron chi connectivity index (χ3n) is 6.64. The molecule has 0 bridgehead atoms. The molecule has 200 valence electrons. The number of amides is 1. The van der Waals surface area contributed by atoms with Crippen molar-refractivity contribution in [2.45, 2.75) is 66.0 Å². The van der Waals surface area contributed by atoms with Crippen molar-refractivity contribution in [3.8, 4) is 17.0 Å². The Balaban J connectivity index is 1.67. The van der Waals surface area contributed by atoms with Crippen molar-refractivity contribution in [1.29, 1.82) is 0 Å². The molecular formula is C30H36N4O4. The van der Waals surface area contributed by atoms with Crippen LogP contribution in [0.2, 0.25) is 0 Å². The SMILES string of the molecule is CCCC(O)COc1cccc(-c2cc(C(=O)NCC3=C(C)C=C(C)CC3=O)c3cnn(C(C)C)c3n2)c1. The van der Waals surface area contributed by atoms with Crippen molar-refractivity contribution >= 4 is 22.7 Å². The van der Waals surface area contributed by atoms with Gasteiger partial charge in [0.05, 0.1) is 28.9 Å². The number of hydrogen-bond acceptors (Lipinski definition) is 6. The number of ketones is 1. The van der Waals surface area contributed by atoms with Crippen molar-refractivity contribution in [2.75, 3.05) is 13.2 Å². The molecule has 1 aliphatic carbocycles. The lowest BCUT2D eigenvalue weighted by Gasteiger charge is -2.16. The van der Waals surface area contributed by atoms with Crippen LogP contribution in [-0.4, -0.2) is 50.8 Å². The molecule has 8 nitrogen and oxygen atoms in total. The van der Waals surface area contributed by atoms with E-state index in [4.69, 9.17) is 9.72 Å². The van der Waals surface area contributed by atoms with Crippen LogP contribution in [0.15, 0.2) is 59.3 Å². The number of ether oxygens (including phenoxy) is 1. The summed E-state index contributed by atoms with van der Waals surface area (Å²) in [6.07, 6.45) is 5.06. The average molecular weight is 517 g/mol. The summed E-state index contributed by atoms with van der Waals surface area (Å²) in [4.78, 5) is 30.9. The van der Waals surface area contributed by atoms with E-state index in [1.165, 1.54) is 0 Å². The lowest BCUT2D eigenvalue weighted by atomic mass is 9.92. The molecule has 1 atom stereocenters. The van der Waals surface area contributed by atoms with Gasteiger partial charge in [-0.15, -0.1) is 0 Å². The van der Waals surface area contributed by atoms with Crippen LogP contribution in [0.25, 0.3) is 22.3 Å². The van der Waals surface area contributed by atoms with Gasteiger partial charge in [0.15, 0.2) is 11.4 Å². The highest BCUT2D eigenvalue weighted by Crippen LogP contribution is 2.29. The predicted molar refractivity (Wildman–Crippen MR) is 148 cm³/mol. The van der Waals surface area contributed by atoms with E-state index in [1.807, 2.05) is 65.0 Å².